The highest BCUT2D eigenvalue weighted by Crippen LogP contribution is 2.37. The minimum absolute atomic E-state index is 0.146. The minimum atomic E-state index is -0.553. The minimum Gasteiger partial charge on any atom is -0.477 e. The molecule has 0 saturated heterocycles. The van der Waals surface area contributed by atoms with Gasteiger partial charge >= 0.3 is 5.69 Å². The van der Waals surface area contributed by atoms with Crippen LogP contribution in [-0.4, -0.2) is 29.5 Å². The molecular formula is C12H17NO5S. The normalized spacial score (nSPS) is 11.4. The van der Waals surface area contributed by atoms with Gasteiger partial charge in [-0.25, -0.2) is 0 Å². The Morgan fingerprint density at radius 1 is 1.42 bits per heavy atom. The molecule has 0 aliphatic rings. The smallest absolute Gasteiger partial charge is 0.323 e. The molecule has 1 aromatic heterocycles. The first kappa shape index (κ1) is 15.6. The van der Waals surface area contributed by atoms with Gasteiger partial charge in [-0.3, -0.25) is 14.9 Å². The molecule has 0 saturated carbocycles. The van der Waals surface area contributed by atoms with E-state index in [2.05, 4.69) is 0 Å². The van der Waals surface area contributed by atoms with Crippen molar-refractivity contribution in [2.45, 2.75) is 33.3 Å². The lowest BCUT2D eigenvalue weighted by molar-refractivity contribution is -0.385. The molecule has 0 aliphatic carbocycles. The van der Waals surface area contributed by atoms with Crippen molar-refractivity contribution in [1.82, 2.24) is 0 Å². The molecule has 0 aromatic carbocycles. The zero-order valence-electron chi connectivity index (χ0n) is 11.4. The van der Waals surface area contributed by atoms with Crippen LogP contribution in [0.4, 0.5) is 5.69 Å². The molecule has 0 amide bonds. The fourth-order valence-corrected chi connectivity index (χ4v) is 2.15. The number of carbonyl (C=O) groups excluding carboxylic acids is 1. The molecule has 0 radical (unpaired) electrons. The van der Waals surface area contributed by atoms with Gasteiger partial charge in [0.15, 0.2) is 5.78 Å². The molecule has 106 valence electrons. The fourth-order valence-electron chi connectivity index (χ4n) is 1.25. The predicted molar refractivity (Wildman–Crippen MR) is 72.2 cm³/mol. The molecule has 7 heteroatoms. The van der Waals surface area contributed by atoms with E-state index in [9.17, 15) is 14.9 Å². The fraction of sp³-hybridized carbons (Fsp3) is 0.583. The second kappa shape index (κ2) is 6.12. The van der Waals surface area contributed by atoms with E-state index in [-0.39, 0.29) is 28.7 Å². The summed E-state index contributed by atoms with van der Waals surface area (Å²) in [5.41, 5.74) is -0.457. The first-order chi connectivity index (χ1) is 8.70. The molecule has 0 fully saturated rings. The molecule has 0 N–H and O–H groups in total. The Labute approximate surface area is 115 Å². The van der Waals surface area contributed by atoms with E-state index in [1.807, 2.05) is 20.8 Å². The second-order valence-corrected chi connectivity index (χ2v) is 5.92. The molecule has 0 unspecified atom stereocenters. The van der Waals surface area contributed by atoms with Gasteiger partial charge in [0.2, 0.25) is 0 Å². The number of nitrogens with zero attached hydrogens (tertiary/aromatic N) is 1. The van der Waals surface area contributed by atoms with Crippen molar-refractivity contribution in [2.24, 2.45) is 0 Å². The van der Waals surface area contributed by atoms with Gasteiger partial charge in [0.25, 0.3) is 5.06 Å². The standard InChI is InChI=1S/C12H17NO5S/c1-8(14)10-7-9(13(15)16)11(19-10)17-5-6-18-12(2,3)4/h7H,5-6H2,1-4H3. The molecule has 0 bridgehead atoms. The maximum atomic E-state index is 11.2. The lowest BCUT2D eigenvalue weighted by Crippen LogP contribution is -2.22. The van der Waals surface area contributed by atoms with Crippen LogP contribution in [0.1, 0.15) is 37.4 Å². The van der Waals surface area contributed by atoms with Crippen LogP contribution in [0.25, 0.3) is 0 Å². The number of ether oxygens (including phenoxy) is 2. The van der Waals surface area contributed by atoms with E-state index in [4.69, 9.17) is 9.47 Å². The average Bonchev–Trinajstić information content (AvgIpc) is 2.67. The van der Waals surface area contributed by atoms with Crippen LogP contribution < -0.4 is 4.74 Å². The van der Waals surface area contributed by atoms with Gasteiger partial charge in [0.05, 0.1) is 22.0 Å². The Morgan fingerprint density at radius 2 is 2.05 bits per heavy atom. The molecule has 19 heavy (non-hydrogen) atoms. The number of hydrogen-bond acceptors (Lipinski definition) is 6. The largest absolute Gasteiger partial charge is 0.477 e. The molecule has 1 heterocycles. The molecular weight excluding hydrogens is 270 g/mol. The molecule has 0 aliphatic heterocycles. The van der Waals surface area contributed by atoms with Gasteiger partial charge < -0.3 is 9.47 Å². The van der Waals surface area contributed by atoms with Crippen LogP contribution in [0.5, 0.6) is 5.06 Å². The van der Waals surface area contributed by atoms with Crippen LogP contribution in [0, 0.1) is 10.1 Å². The Morgan fingerprint density at radius 3 is 2.53 bits per heavy atom. The molecule has 0 spiro atoms. The Hall–Kier alpha value is -1.47. The Kier molecular flexibility index (Phi) is 5.02. The van der Waals surface area contributed by atoms with Crippen LogP contribution in [-0.2, 0) is 4.74 Å². The van der Waals surface area contributed by atoms with Gasteiger partial charge in [-0.1, -0.05) is 11.3 Å². The summed E-state index contributed by atoms with van der Waals surface area (Å²) in [4.78, 5) is 21.8. The quantitative estimate of drug-likeness (QED) is 0.348. The van der Waals surface area contributed by atoms with E-state index < -0.39 is 4.92 Å². The third-order valence-corrected chi connectivity index (χ3v) is 3.21. The number of ketones is 1. The van der Waals surface area contributed by atoms with Crippen molar-refractivity contribution in [1.29, 1.82) is 0 Å². The maximum absolute atomic E-state index is 11.2. The summed E-state index contributed by atoms with van der Waals surface area (Å²) in [7, 11) is 0. The van der Waals surface area contributed by atoms with E-state index in [1.165, 1.54) is 13.0 Å². The summed E-state index contributed by atoms with van der Waals surface area (Å²) < 4.78 is 10.8. The van der Waals surface area contributed by atoms with Gasteiger partial charge in [-0.05, 0) is 27.7 Å². The summed E-state index contributed by atoms with van der Waals surface area (Å²) in [5.74, 6) is -0.214. The number of nitro groups is 1. The van der Waals surface area contributed by atoms with Crippen molar-refractivity contribution in [2.75, 3.05) is 13.2 Å². The van der Waals surface area contributed by atoms with E-state index in [0.29, 0.717) is 11.5 Å². The van der Waals surface area contributed by atoms with Crippen molar-refractivity contribution in [3.05, 3.63) is 21.1 Å². The monoisotopic (exact) mass is 287 g/mol. The van der Waals surface area contributed by atoms with Crippen molar-refractivity contribution in [3.63, 3.8) is 0 Å². The molecule has 0 atom stereocenters. The first-order valence-corrected chi connectivity index (χ1v) is 6.58. The number of thiophene rings is 1. The third kappa shape index (κ3) is 4.96. The van der Waals surface area contributed by atoms with Gasteiger partial charge in [0.1, 0.15) is 6.61 Å². The predicted octanol–water partition coefficient (Wildman–Crippen LogP) is 3.05. The van der Waals surface area contributed by atoms with Gasteiger partial charge in [-0.2, -0.15) is 0 Å². The van der Waals surface area contributed by atoms with E-state index in [0.717, 1.165) is 11.3 Å². The van der Waals surface area contributed by atoms with Crippen LogP contribution in [0.3, 0.4) is 0 Å². The Bertz CT molecular complexity index is 475. The van der Waals surface area contributed by atoms with Gasteiger partial charge in [-0.15, -0.1) is 0 Å². The van der Waals surface area contributed by atoms with Crippen LogP contribution in [0.2, 0.25) is 0 Å². The average molecular weight is 287 g/mol. The zero-order valence-corrected chi connectivity index (χ0v) is 12.2. The van der Waals surface area contributed by atoms with Gasteiger partial charge in [0, 0.05) is 6.07 Å². The zero-order chi connectivity index (χ0) is 14.6. The number of rotatable bonds is 6. The third-order valence-electron chi connectivity index (χ3n) is 2.07. The molecule has 1 rings (SSSR count). The highest BCUT2D eigenvalue weighted by Gasteiger charge is 2.22. The summed E-state index contributed by atoms with van der Waals surface area (Å²) in [6.07, 6.45) is 0. The summed E-state index contributed by atoms with van der Waals surface area (Å²) in [6, 6.07) is 1.24. The van der Waals surface area contributed by atoms with E-state index in [1.54, 1.807) is 0 Å². The second-order valence-electron chi connectivity index (χ2n) is 4.91. The van der Waals surface area contributed by atoms with Crippen molar-refractivity contribution < 1.29 is 19.2 Å². The molecule has 1 aromatic rings. The SMILES string of the molecule is CC(=O)c1cc([N+](=O)[O-])c(OCCOC(C)(C)C)s1. The first-order valence-electron chi connectivity index (χ1n) is 5.76. The Balaban J connectivity index is 2.67. The maximum Gasteiger partial charge on any atom is 0.323 e. The lowest BCUT2D eigenvalue weighted by Gasteiger charge is -2.19. The topological polar surface area (TPSA) is 78.7 Å². The number of hydrogen-bond donors (Lipinski definition) is 0. The van der Waals surface area contributed by atoms with Crippen LogP contribution >= 0.6 is 11.3 Å². The number of Topliss-reactive ketones (excluding diaryl/α,β-unsaturated/α-hetero) is 1. The van der Waals surface area contributed by atoms with Crippen molar-refractivity contribution >= 4 is 22.8 Å². The molecule has 6 nitrogen and oxygen atoms in total. The summed E-state index contributed by atoms with van der Waals surface area (Å²) in [5, 5.41) is 11.0. The number of carbonyl (C=O) groups is 1. The van der Waals surface area contributed by atoms with Crippen LogP contribution in [0.15, 0.2) is 6.07 Å². The lowest BCUT2D eigenvalue weighted by atomic mass is 10.2. The van der Waals surface area contributed by atoms with E-state index >= 15 is 0 Å². The summed E-state index contributed by atoms with van der Waals surface area (Å²) >= 11 is 0.985. The van der Waals surface area contributed by atoms with Crippen molar-refractivity contribution in [3.8, 4) is 5.06 Å². The summed E-state index contributed by atoms with van der Waals surface area (Å²) in [6.45, 7) is 7.63. The highest BCUT2D eigenvalue weighted by atomic mass is 32.1. The highest BCUT2D eigenvalue weighted by molar-refractivity contribution is 7.16.